The molecule has 0 saturated carbocycles. The molecule has 0 bridgehead atoms. The first kappa shape index (κ1) is 15.9. The molecule has 4 aromatic rings. The molecule has 0 spiro atoms. The van der Waals surface area contributed by atoms with Crippen molar-refractivity contribution in [3.8, 4) is 5.75 Å². The molecule has 0 fully saturated rings. The number of methoxy groups -OCH3 is 1. The third-order valence-corrected chi connectivity index (χ3v) is 5.28. The number of hydrogen-bond acceptors (Lipinski definition) is 3. The van der Waals surface area contributed by atoms with E-state index in [1.54, 1.807) is 24.8 Å². The molecule has 0 N–H and O–H groups in total. The Bertz CT molecular complexity index is 1300. The Hall–Kier alpha value is -2.65. The Morgan fingerprint density at radius 2 is 1.64 bits per heavy atom. The van der Waals surface area contributed by atoms with Crippen molar-refractivity contribution in [2.24, 2.45) is 7.05 Å². The van der Waals surface area contributed by atoms with Gasteiger partial charge in [-0.1, -0.05) is 18.2 Å². The van der Waals surface area contributed by atoms with Gasteiger partial charge in [-0.15, -0.1) is 0 Å². The van der Waals surface area contributed by atoms with Crippen LogP contribution in [0.1, 0.15) is 5.56 Å². The molecule has 0 amide bonds. The minimum absolute atomic E-state index is 0.0916. The van der Waals surface area contributed by atoms with Gasteiger partial charge in [0.1, 0.15) is 0 Å². The summed E-state index contributed by atoms with van der Waals surface area (Å²) in [6.07, 6.45) is 0. The number of nitrogens with zero attached hydrogens (tertiary/aromatic N) is 2. The molecule has 0 aliphatic carbocycles. The largest absolute Gasteiger partial charge is 0.492 e. The van der Waals surface area contributed by atoms with Crippen LogP contribution in [0.2, 0.25) is 0 Å². The van der Waals surface area contributed by atoms with Crippen molar-refractivity contribution >= 4 is 42.0 Å². The average molecular weight is 352 g/mol. The molecular weight excluding hydrogens is 335 g/mol. The average Bonchev–Trinajstić information content (AvgIpc) is 2.62. The summed E-state index contributed by atoms with van der Waals surface area (Å²) in [6.45, 7) is 1.91. The quantitative estimate of drug-likeness (QED) is 0.301. The third-order valence-electron chi connectivity index (χ3n) is 4.76. The summed E-state index contributed by atoms with van der Waals surface area (Å²) in [4.78, 5) is 25.0. The first-order chi connectivity index (χ1) is 12.0. The zero-order valence-electron chi connectivity index (χ0n) is 14.2. The molecule has 1 atom stereocenters. The summed E-state index contributed by atoms with van der Waals surface area (Å²) in [7, 11) is 5.72. The van der Waals surface area contributed by atoms with Crippen molar-refractivity contribution in [1.82, 2.24) is 8.90 Å². The van der Waals surface area contributed by atoms with Gasteiger partial charge in [-0.25, -0.2) is 0 Å². The van der Waals surface area contributed by atoms with Crippen LogP contribution < -0.4 is 15.9 Å². The van der Waals surface area contributed by atoms with Crippen molar-refractivity contribution in [2.45, 2.75) is 6.92 Å². The maximum Gasteiger partial charge on any atom is 0.258 e. The lowest BCUT2D eigenvalue weighted by molar-refractivity contribution is 0.421. The van der Waals surface area contributed by atoms with Crippen LogP contribution in [0, 0.1) is 6.92 Å². The number of aromatic nitrogens is 2. The van der Waals surface area contributed by atoms with E-state index in [2.05, 4.69) is 9.39 Å². The van der Waals surface area contributed by atoms with Gasteiger partial charge in [0, 0.05) is 29.3 Å². The Balaban J connectivity index is 2.46. The highest BCUT2D eigenvalue weighted by Gasteiger charge is 2.18. The van der Waals surface area contributed by atoms with Crippen LogP contribution in [0.3, 0.4) is 0 Å². The molecule has 25 heavy (non-hydrogen) atoms. The zero-order chi connectivity index (χ0) is 17.9. The first-order valence-corrected chi connectivity index (χ1v) is 8.37. The van der Waals surface area contributed by atoms with E-state index in [-0.39, 0.29) is 11.1 Å². The van der Waals surface area contributed by atoms with Gasteiger partial charge in [-0.05, 0) is 39.4 Å². The molecule has 0 aliphatic rings. The first-order valence-electron chi connectivity index (χ1n) is 7.85. The number of aryl methyl sites for hydroxylation is 2. The van der Waals surface area contributed by atoms with Gasteiger partial charge in [-0.3, -0.25) is 13.9 Å². The molecule has 0 saturated heterocycles. The fourth-order valence-electron chi connectivity index (χ4n) is 3.54. The molecule has 2 heterocycles. The summed E-state index contributed by atoms with van der Waals surface area (Å²) in [5.74, 6) is 0.522. The number of benzene rings is 2. The molecule has 4 rings (SSSR count). The molecular formula is C19H17N2O3P. The van der Waals surface area contributed by atoms with Crippen LogP contribution in [0.15, 0.2) is 46.0 Å². The van der Waals surface area contributed by atoms with Crippen molar-refractivity contribution in [1.29, 1.82) is 0 Å². The Kier molecular flexibility index (Phi) is 3.44. The van der Waals surface area contributed by atoms with E-state index < -0.39 is 0 Å². The van der Waals surface area contributed by atoms with Crippen molar-refractivity contribution in [3.63, 3.8) is 0 Å². The summed E-state index contributed by atoms with van der Waals surface area (Å²) in [6, 6.07) is 11.2. The van der Waals surface area contributed by atoms with Gasteiger partial charge in [0.05, 0.1) is 18.1 Å². The zero-order valence-corrected chi connectivity index (χ0v) is 15.3. The second kappa shape index (κ2) is 5.43. The van der Waals surface area contributed by atoms with E-state index in [4.69, 9.17) is 4.74 Å². The highest BCUT2D eigenvalue weighted by Crippen LogP contribution is 2.37. The van der Waals surface area contributed by atoms with Gasteiger partial charge < -0.3 is 9.30 Å². The van der Waals surface area contributed by atoms with Gasteiger partial charge in [0.2, 0.25) is 0 Å². The van der Waals surface area contributed by atoms with E-state index >= 15 is 0 Å². The van der Waals surface area contributed by atoms with Crippen LogP contribution >= 0.6 is 9.39 Å². The number of hydrogen-bond donors (Lipinski definition) is 0. The van der Waals surface area contributed by atoms with E-state index in [0.29, 0.717) is 22.2 Å². The predicted octanol–water partition coefficient (Wildman–Crippen LogP) is 2.96. The van der Waals surface area contributed by atoms with Gasteiger partial charge in [0.15, 0.2) is 5.75 Å². The topological polar surface area (TPSA) is 53.2 Å². The van der Waals surface area contributed by atoms with E-state index in [1.807, 2.05) is 37.3 Å². The molecule has 2 aromatic carbocycles. The predicted molar refractivity (Wildman–Crippen MR) is 105 cm³/mol. The van der Waals surface area contributed by atoms with Crippen LogP contribution in [0.5, 0.6) is 5.75 Å². The van der Waals surface area contributed by atoms with Crippen LogP contribution in [0.4, 0.5) is 0 Å². The third kappa shape index (κ3) is 2.06. The van der Waals surface area contributed by atoms with Crippen molar-refractivity contribution < 1.29 is 4.74 Å². The highest BCUT2D eigenvalue weighted by molar-refractivity contribution is 7.14. The van der Waals surface area contributed by atoms with Gasteiger partial charge >= 0.3 is 0 Å². The number of pyridine rings is 2. The molecule has 126 valence electrons. The summed E-state index contributed by atoms with van der Waals surface area (Å²) in [5.41, 5.74) is 1.98. The molecule has 0 radical (unpaired) electrons. The lowest BCUT2D eigenvalue weighted by Crippen LogP contribution is -2.19. The minimum Gasteiger partial charge on any atom is -0.492 e. The minimum atomic E-state index is -0.140. The standard InChI is InChI=1S/C19H17N2O3P/c1-10-8-15(22)21(25)17-13(10)9-14-11-6-4-5-7-12(11)19(23)20(2)16(14)18(17)24-3/h4-9H,25H2,1-3H3. The number of fused-ring (bicyclic) bond motifs is 4. The molecule has 2 aromatic heterocycles. The van der Waals surface area contributed by atoms with Crippen molar-refractivity contribution in [2.75, 3.05) is 7.11 Å². The van der Waals surface area contributed by atoms with Crippen molar-refractivity contribution in [3.05, 3.63) is 62.7 Å². The second-order valence-electron chi connectivity index (χ2n) is 6.15. The molecule has 0 aliphatic heterocycles. The van der Waals surface area contributed by atoms with E-state index in [9.17, 15) is 9.59 Å². The SMILES string of the molecule is COc1c2c(cc3c(C)cc(=O)n(P)c13)c1ccccc1c(=O)n2C. The van der Waals surface area contributed by atoms with Crippen LogP contribution in [0.25, 0.3) is 32.6 Å². The normalized spacial score (nSPS) is 11.5. The summed E-state index contributed by atoms with van der Waals surface area (Å²) in [5, 5.41) is 3.38. The maximum absolute atomic E-state index is 12.8. The van der Waals surface area contributed by atoms with Gasteiger partial charge in [0.25, 0.3) is 11.1 Å². The maximum atomic E-state index is 12.8. The number of rotatable bonds is 1. The Morgan fingerprint density at radius 1 is 0.960 bits per heavy atom. The van der Waals surface area contributed by atoms with Gasteiger partial charge in [-0.2, -0.15) is 0 Å². The molecule has 1 unspecified atom stereocenters. The number of ether oxygens (including phenoxy) is 1. The molecule has 5 nitrogen and oxygen atoms in total. The molecule has 6 heteroatoms. The second-order valence-corrected chi connectivity index (χ2v) is 6.66. The lowest BCUT2D eigenvalue weighted by atomic mass is 10.0. The monoisotopic (exact) mass is 352 g/mol. The Labute approximate surface area is 145 Å². The fourth-order valence-corrected chi connectivity index (χ4v) is 3.87. The summed E-state index contributed by atoms with van der Waals surface area (Å²) < 4.78 is 8.76. The summed E-state index contributed by atoms with van der Waals surface area (Å²) >= 11 is 0. The smallest absolute Gasteiger partial charge is 0.258 e. The van der Waals surface area contributed by atoms with Crippen LogP contribution in [-0.2, 0) is 7.05 Å². The fraction of sp³-hybridized carbons (Fsp3) is 0.158. The Morgan fingerprint density at radius 3 is 2.32 bits per heavy atom. The van der Waals surface area contributed by atoms with E-state index in [1.165, 1.54) is 4.34 Å². The lowest BCUT2D eigenvalue weighted by Gasteiger charge is -2.17. The highest BCUT2D eigenvalue weighted by atomic mass is 31.0. The van der Waals surface area contributed by atoms with E-state index in [0.717, 1.165) is 21.7 Å². The van der Waals surface area contributed by atoms with Crippen LogP contribution in [-0.4, -0.2) is 16.0 Å².